The number of furan rings is 1. The van der Waals surface area contributed by atoms with Crippen molar-refractivity contribution in [3.05, 3.63) is 64.6 Å². The van der Waals surface area contributed by atoms with Gasteiger partial charge in [-0.2, -0.15) is 0 Å². The van der Waals surface area contributed by atoms with Crippen molar-refractivity contribution < 1.29 is 4.42 Å². The summed E-state index contributed by atoms with van der Waals surface area (Å²) in [4.78, 5) is 0. The molecule has 1 heteroatoms. The second-order valence-corrected chi connectivity index (χ2v) is 5.29. The van der Waals surface area contributed by atoms with Gasteiger partial charge in [0.2, 0.25) is 0 Å². The van der Waals surface area contributed by atoms with E-state index in [0.717, 1.165) is 11.5 Å². The third kappa shape index (κ3) is 1.71. The number of allylic oxidation sites excluding steroid dienone is 1. The van der Waals surface area contributed by atoms with Gasteiger partial charge < -0.3 is 4.42 Å². The average Bonchev–Trinajstić information content (AvgIpc) is 2.93. The molecule has 3 rings (SSSR count). The normalized spacial score (nSPS) is 17.4. The summed E-state index contributed by atoms with van der Waals surface area (Å²) in [5.74, 6) is 2.87. The van der Waals surface area contributed by atoms with Crippen molar-refractivity contribution in [2.45, 2.75) is 32.6 Å². The molecule has 0 fully saturated rings. The van der Waals surface area contributed by atoms with Crippen molar-refractivity contribution in [1.82, 2.24) is 0 Å². The molecular weight excluding hydrogens is 220 g/mol. The molecule has 0 saturated heterocycles. The fourth-order valence-electron chi connectivity index (χ4n) is 2.73. The van der Waals surface area contributed by atoms with Crippen LogP contribution in [0.25, 0.3) is 6.08 Å². The highest BCUT2D eigenvalue weighted by Crippen LogP contribution is 2.39. The third-order valence-corrected chi connectivity index (χ3v) is 3.65. The van der Waals surface area contributed by atoms with E-state index < -0.39 is 0 Å². The summed E-state index contributed by atoms with van der Waals surface area (Å²) in [7, 11) is 0. The van der Waals surface area contributed by atoms with Gasteiger partial charge in [-0.3, -0.25) is 0 Å². The second kappa shape index (κ2) is 4.16. The van der Waals surface area contributed by atoms with Crippen LogP contribution < -0.4 is 0 Å². The smallest absolute Gasteiger partial charge is 0.115 e. The molecule has 1 aromatic carbocycles. The molecule has 0 radical (unpaired) electrons. The van der Waals surface area contributed by atoms with Crippen LogP contribution in [0, 0.1) is 6.92 Å². The molecule has 0 N–H and O–H groups in total. The highest BCUT2D eigenvalue weighted by atomic mass is 16.3. The topological polar surface area (TPSA) is 13.1 Å². The molecule has 0 saturated carbocycles. The van der Waals surface area contributed by atoms with E-state index in [1.54, 1.807) is 0 Å². The van der Waals surface area contributed by atoms with Crippen LogP contribution in [0.2, 0.25) is 0 Å². The van der Waals surface area contributed by atoms with Crippen LogP contribution in [0.1, 0.15) is 53.9 Å². The first-order valence-electron chi connectivity index (χ1n) is 6.54. The zero-order chi connectivity index (χ0) is 12.7. The van der Waals surface area contributed by atoms with Gasteiger partial charge in [-0.1, -0.05) is 44.2 Å². The highest BCUT2D eigenvalue weighted by molar-refractivity contribution is 5.68. The lowest BCUT2D eigenvalue weighted by Gasteiger charge is -2.13. The van der Waals surface area contributed by atoms with E-state index in [0.29, 0.717) is 5.92 Å². The van der Waals surface area contributed by atoms with E-state index in [4.69, 9.17) is 4.42 Å². The predicted molar refractivity (Wildman–Crippen MR) is 74.9 cm³/mol. The maximum atomic E-state index is 5.77. The van der Waals surface area contributed by atoms with Crippen LogP contribution in [0.3, 0.4) is 0 Å². The molecule has 1 nitrogen and oxygen atoms in total. The van der Waals surface area contributed by atoms with E-state index in [1.807, 2.05) is 13.0 Å². The molecular formula is C17H18O. The molecule has 18 heavy (non-hydrogen) atoms. The molecule has 1 aliphatic carbocycles. The van der Waals surface area contributed by atoms with Crippen LogP contribution in [-0.4, -0.2) is 0 Å². The molecule has 0 bridgehead atoms. The monoisotopic (exact) mass is 238 g/mol. The SMILES string of the molecule is Cc1ccc(C2C=Cc3c(C(C)C)cccc32)o1. The zero-order valence-corrected chi connectivity index (χ0v) is 11.1. The summed E-state index contributed by atoms with van der Waals surface area (Å²) < 4.78 is 5.77. The van der Waals surface area contributed by atoms with Crippen molar-refractivity contribution in [3.63, 3.8) is 0 Å². The van der Waals surface area contributed by atoms with Crippen molar-refractivity contribution in [3.8, 4) is 0 Å². The summed E-state index contributed by atoms with van der Waals surface area (Å²) in [5, 5.41) is 0. The molecule has 1 heterocycles. The van der Waals surface area contributed by atoms with Gasteiger partial charge >= 0.3 is 0 Å². The summed E-state index contributed by atoms with van der Waals surface area (Å²) in [6.45, 7) is 6.48. The first kappa shape index (κ1) is 11.3. The van der Waals surface area contributed by atoms with Gasteiger partial charge in [0, 0.05) is 0 Å². The maximum Gasteiger partial charge on any atom is 0.115 e. The first-order chi connectivity index (χ1) is 8.66. The lowest BCUT2D eigenvalue weighted by molar-refractivity contribution is 0.481. The Morgan fingerprint density at radius 1 is 1.11 bits per heavy atom. The van der Waals surface area contributed by atoms with Crippen molar-refractivity contribution in [2.75, 3.05) is 0 Å². The van der Waals surface area contributed by atoms with Gasteiger partial charge in [-0.15, -0.1) is 0 Å². The first-order valence-corrected chi connectivity index (χ1v) is 6.54. The highest BCUT2D eigenvalue weighted by Gasteiger charge is 2.23. The largest absolute Gasteiger partial charge is 0.465 e. The lowest BCUT2D eigenvalue weighted by atomic mass is 9.91. The fourth-order valence-corrected chi connectivity index (χ4v) is 2.73. The fraction of sp³-hybridized carbons (Fsp3) is 0.294. The van der Waals surface area contributed by atoms with Gasteiger partial charge in [0.25, 0.3) is 0 Å². The second-order valence-electron chi connectivity index (χ2n) is 5.29. The molecule has 0 spiro atoms. The lowest BCUT2D eigenvalue weighted by Crippen LogP contribution is -1.98. The Morgan fingerprint density at radius 2 is 1.94 bits per heavy atom. The van der Waals surface area contributed by atoms with Crippen LogP contribution in [0.15, 0.2) is 40.8 Å². The Bertz CT molecular complexity index is 602. The standard InChI is InChI=1S/C17H18O/c1-11(2)13-5-4-6-14-15(13)8-9-16(14)17-10-7-12(3)18-17/h4-11,16H,1-3H3. The summed E-state index contributed by atoms with van der Waals surface area (Å²) in [6.07, 6.45) is 4.49. The van der Waals surface area contributed by atoms with Crippen molar-refractivity contribution >= 4 is 6.08 Å². The van der Waals surface area contributed by atoms with Crippen LogP contribution in [0.5, 0.6) is 0 Å². The number of rotatable bonds is 2. The minimum Gasteiger partial charge on any atom is -0.465 e. The minimum atomic E-state index is 0.285. The molecule has 1 aromatic heterocycles. The van der Waals surface area contributed by atoms with Crippen LogP contribution in [0.4, 0.5) is 0 Å². The van der Waals surface area contributed by atoms with Crippen molar-refractivity contribution in [2.24, 2.45) is 0 Å². The van der Waals surface area contributed by atoms with E-state index in [2.05, 4.69) is 50.3 Å². The van der Waals surface area contributed by atoms with Gasteiger partial charge in [0.15, 0.2) is 0 Å². The summed E-state index contributed by atoms with van der Waals surface area (Å²) >= 11 is 0. The third-order valence-electron chi connectivity index (χ3n) is 3.65. The van der Waals surface area contributed by atoms with Crippen molar-refractivity contribution in [1.29, 1.82) is 0 Å². The number of hydrogen-bond donors (Lipinski definition) is 0. The summed E-state index contributed by atoms with van der Waals surface area (Å²) in [5.41, 5.74) is 4.18. The number of benzene rings is 1. The molecule has 1 atom stereocenters. The Labute approximate surface area is 108 Å². The van der Waals surface area contributed by atoms with Gasteiger partial charge in [0.05, 0.1) is 5.92 Å². The summed E-state index contributed by atoms with van der Waals surface area (Å²) in [6, 6.07) is 10.7. The molecule has 92 valence electrons. The quantitative estimate of drug-likeness (QED) is 0.727. The Balaban J connectivity index is 2.08. The van der Waals surface area contributed by atoms with Gasteiger partial charge in [-0.05, 0) is 41.7 Å². The molecule has 0 aliphatic heterocycles. The van der Waals surface area contributed by atoms with Gasteiger partial charge in [0.1, 0.15) is 11.5 Å². The van der Waals surface area contributed by atoms with E-state index in [9.17, 15) is 0 Å². The van der Waals surface area contributed by atoms with Gasteiger partial charge in [-0.25, -0.2) is 0 Å². The maximum absolute atomic E-state index is 5.77. The van der Waals surface area contributed by atoms with E-state index in [-0.39, 0.29) is 5.92 Å². The minimum absolute atomic E-state index is 0.285. The molecule has 0 amide bonds. The zero-order valence-electron chi connectivity index (χ0n) is 11.1. The van der Waals surface area contributed by atoms with Crippen LogP contribution in [-0.2, 0) is 0 Å². The predicted octanol–water partition coefficient (Wildman–Crippen LogP) is 4.87. The molecule has 2 aromatic rings. The Morgan fingerprint density at radius 3 is 2.61 bits per heavy atom. The Kier molecular flexibility index (Phi) is 2.62. The Hall–Kier alpha value is -1.76. The van der Waals surface area contributed by atoms with Crippen LogP contribution >= 0.6 is 0 Å². The number of fused-ring (bicyclic) bond motifs is 1. The number of hydrogen-bond acceptors (Lipinski definition) is 1. The average molecular weight is 238 g/mol. The van der Waals surface area contributed by atoms with E-state index in [1.165, 1.54) is 16.7 Å². The molecule has 1 unspecified atom stereocenters. The van der Waals surface area contributed by atoms with E-state index >= 15 is 0 Å². The molecule has 1 aliphatic rings. The number of aryl methyl sites for hydroxylation is 1.